The summed E-state index contributed by atoms with van der Waals surface area (Å²) < 4.78 is 20.5. The molecule has 3 heterocycles. The molecule has 0 amide bonds. The molecule has 2 aliphatic rings. The van der Waals surface area contributed by atoms with Crippen molar-refractivity contribution in [3.63, 3.8) is 0 Å². The van der Waals surface area contributed by atoms with Crippen molar-refractivity contribution >= 4 is 87.3 Å². The molecule has 12 rings (SSSR count). The quantitative estimate of drug-likeness (QED) is 0.160. The van der Waals surface area contributed by atoms with Crippen LogP contribution < -0.4 is 29.2 Å². The Hall–Kier alpha value is -7.15. The molecule has 0 saturated heterocycles. The van der Waals surface area contributed by atoms with Gasteiger partial charge in [-0.05, 0) is 0 Å². The number of hydrogen-bond acceptors (Lipinski definition) is 4. The van der Waals surface area contributed by atoms with E-state index in [0.717, 1.165) is 73.8 Å². The van der Waals surface area contributed by atoms with Crippen LogP contribution in [0.15, 0.2) is 218 Å². The van der Waals surface area contributed by atoms with Gasteiger partial charge in [0.2, 0.25) is 0 Å². The zero-order valence-electron chi connectivity index (χ0n) is 32.5. The molecule has 60 heavy (non-hydrogen) atoms. The van der Waals surface area contributed by atoms with Crippen molar-refractivity contribution in [1.29, 1.82) is 0 Å². The van der Waals surface area contributed by atoms with E-state index in [2.05, 4.69) is 233 Å². The topological polar surface area (TPSA) is 29.9 Å². The molecule has 2 aliphatic heterocycles. The van der Waals surface area contributed by atoms with Gasteiger partial charge in [-0.25, -0.2) is 0 Å². The van der Waals surface area contributed by atoms with Crippen LogP contribution in [0.5, 0.6) is 23.0 Å². The summed E-state index contributed by atoms with van der Waals surface area (Å²) in [5, 5.41) is 2.43. The minimum absolute atomic E-state index is 0.880. The number of para-hydroxylation sites is 6. The maximum atomic E-state index is 7.17. The van der Waals surface area contributed by atoms with Crippen LogP contribution in [-0.2, 0) is 0 Å². The third-order valence-corrected chi connectivity index (χ3v) is 21.4. The minimum atomic E-state index is -3.18. The van der Waals surface area contributed by atoms with Gasteiger partial charge in [0.15, 0.2) is 0 Å². The van der Waals surface area contributed by atoms with Crippen LogP contribution >= 0.6 is 0 Å². The number of fused-ring (bicyclic) bond motifs is 7. The summed E-state index contributed by atoms with van der Waals surface area (Å²) in [7, 11) is 0. The van der Waals surface area contributed by atoms with Crippen LogP contribution in [0.4, 0.5) is 34.1 Å². The summed E-state index contributed by atoms with van der Waals surface area (Å²) in [6.45, 7) is 0. The van der Waals surface area contributed by atoms with Gasteiger partial charge < -0.3 is 0 Å². The van der Waals surface area contributed by atoms with Gasteiger partial charge in [-0.3, -0.25) is 0 Å². The van der Waals surface area contributed by atoms with Crippen molar-refractivity contribution in [2.24, 2.45) is 0 Å². The van der Waals surface area contributed by atoms with Gasteiger partial charge in [0.25, 0.3) is 0 Å². The molecule has 0 radical (unpaired) electrons. The standard InChI is InChI=1S/C54H36N3O2.In/c1-5-19-40(20-6-1)55(41-21-7-2-8-22-41)44-27-17-29-47(35-44)58-49-37-46(57-53-33-15-13-31-51(53)52-32-14-16-34-54(52)57)38-50(39-49)59-48-30-18-28-45(36-48)56(42-23-9-3-10-24-42)43-25-11-4-12-26-43;/h1-28,31-38H;. The Kier molecular flexibility index (Phi) is 8.30. The average molecular weight is 874 g/mol. The maximum absolute atomic E-state index is 7.17. The van der Waals surface area contributed by atoms with E-state index in [1.54, 1.807) is 0 Å². The molecule has 0 fully saturated rings. The fraction of sp³-hybridized carbons (Fsp3) is 0. The van der Waals surface area contributed by atoms with Crippen LogP contribution in [-0.4, -0.2) is 26.0 Å². The summed E-state index contributed by atoms with van der Waals surface area (Å²) in [5.41, 5.74) is 9.74. The molecule has 282 valence electrons. The van der Waals surface area contributed by atoms with E-state index in [9.17, 15) is 0 Å². The predicted molar refractivity (Wildman–Crippen MR) is 248 cm³/mol. The Morgan fingerprint density at radius 2 is 0.700 bits per heavy atom. The fourth-order valence-corrected chi connectivity index (χ4v) is 18.5. The number of aromatic nitrogens is 1. The predicted octanol–water partition coefficient (Wildman–Crippen LogP) is 12.5. The van der Waals surface area contributed by atoms with E-state index >= 15 is 0 Å². The Morgan fingerprint density at radius 1 is 0.333 bits per heavy atom. The molecular weight excluding hydrogens is 837 g/mol. The Morgan fingerprint density at radius 3 is 1.10 bits per heavy atom. The van der Waals surface area contributed by atoms with Gasteiger partial charge in [0.05, 0.1) is 0 Å². The van der Waals surface area contributed by atoms with E-state index in [1.165, 1.54) is 20.7 Å². The van der Waals surface area contributed by atoms with Crippen molar-refractivity contribution in [3.8, 4) is 28.7 Å². The number of ether oxygens (including phenoxy) is 2. The van der Waals surface area contributed by atoms with Crippen LogP contribution in [0, 0.1) is 0 Å². The molecule has 6 heteroatoms. The number of anilines is 6. The molecular formula is C54H36InN3O2. The molecule has 0 N–H and O–H groups in total. The third kappa shape index (κ3) is 5.70. The molecule has 1 aromatic heterocycles. The zero-order valence-corrected chi connectivity index (χ0v) is 35.8. The Balaban J connectivity index is 1.07. The first-order valence-corrected chi connectivity index (χ1v) is 25.3. The normalized spacial score (nSPS) is 12.2. The molecule has 0 atom stereocenters. The van der Waals surface area contributed by atoms with Crippen LogP contribution in [0.1, 0.15) is 0 Å². The first kappa shape index (κ1) is 34.9. The average Bonchev–Trinajstić information content (AvgIpc) is 3.65. The van der Waals surface area contributed by atoms with E-state index in [0.29, 0.717) is 0 Å². The fourth-order valence-electron chi connectivity index (χ4n) is 9.27. The first-order chi connectivity index (χ1) is 29.8. The zero-order chi connectivity index (χ0) is 39.6. The van der Waals surface area contributed by atoms with Gasteiger partial charge in [-0.1, -0.05) is 0 Å². The van der Waals surface area contributed by atoms with Gasteiger partial charge in [-0.15, -0.1) is 0 Å². The summed E-state index contributed by atoms with van der Waals surface area (Å²) in [5.74, 6) is 3.58. The molecule has 0 bridgehead atoms. The molecule has 0 unspecified atom stereocenters. The second kappa shape index (κ2) is 14.3. The second-order valence-corrected chi connectivity index (χ2v) is 23.0. The van der Waals surface area contributed by atoms with Crippen LogP contribution in [0.3, 0.4) is 0 Å². The van der Waals surface area contributed by atoms with Crippen LogP contribution in [0.25, 0.3) is 27.5 Å². The van der Waals surface area contributed by atoms with Crippen molar-refractivity contribution < 1.29 is 9.47 Å². The van der Waals surface area contributed by atoms with Crippen molar-refractivity contribution in [1.82, 2.24) is 4.57 Å². The van der Waals surface area contributed by atoms with Crippen molar-refractivity contribution in [2.75, 3.05) is 9.80 Å². The van der Waals surface area contributed by atoms with E-state index < -0.39 is 21.4 Å². The molecule has 0 saturated carbocycles. The monoisotopic (exact) mass is 873 g/mol. The number of rotatable bonds is 7. The molecule has 10 aromatic rings. The molecule has 9 aromatic carbocycles. The first-order valence-electron chi connectivity index (χ1n) is 20.4. The molecule has 0 aliphatic carbocycles. The van der Waals surface area contributed by atoms with Gasteiger partial charge in [0.1, 0.15) is 0 Å². The summed E-state index contributed by atoms with van der Waals surface area (Å²) in [6.07, 6.45) is 0. The number of hydrogen-bond donors (Lipinski definition) is 0. The Labute approximate surface area is 356 Å². The van der Waals surface area contributed by atoms with Gasteiger partial charge in [0, 0.05) is 0 Å². The van der Waals surface area contributed by atoms with E-state index in [-0.39, 0.29) is 0 Å². The van der Waals surface area contributed by atoms with E-state index in [4.69, 9.17) is 9.47 Å². The van der Waals surface area contributed by atoms with Crippen molar-refractivity contribution in [3.05, 3.63) is 218 Å². The molecule has 0 spiro atoms. The number of nitrogens with zero attached hydrogens (tertiary/aromatic N) is 3. The van der Waals surface area contributed by atoms with E-state index in [1.807, 2.05) is 0 Å². The Bertz CT molecular complexity index is 2940. The second-order valence-electron chi connectivity index (χ2n) is 15.3. The molecule has 5 nitrogen and oxygen atoms in total. The summed E-state index contributed by atoms with van der Waals surface area (Å²) in [4.78, 5) is 4.61. The number of benzene rings is 9. The van der Waals surface area contributed by atoms with Crippen LogP contribution in [0.2, 0.25) is 0 Å². The third-order valence-electron chi connectivity index (χ3n) is 11.8. The summed E-state index contributed by atoms with van der Waals surface area (Å²) in [6, 6.07) is 77.8. The SMILES string of the molecule is c1ccc(N(c2ccccc2)c2cc[c]3c(c2)Oc2cc(-n4c5ccccc5c5ccccc54)cc4[c]2[In]3[c]2ccc(N(c3ccccc3)c3ccccc3)cc2O4)cc1. The van der Waals surface area contributed by atoms with Gasteiger partial charge in [-0.2, -0.15) is 0 Å². The van der Waals surface area contributed by atoms with Gasteiger partial charge >= 0.3 is 358 Å². The summed E-state index contributed by atoms with van der Waals surface area (Å²) >= 11 is -3.18. The van der Waals surface area contributed by atoms with Crippen molar-refractivity contribution in [2.45, 2.75) is 0 Å².